The molecule has 6 aromatic carbocycles. The van der Waals surface area contributed by atoms with Gasteiger partial charge in [0.05, 0.1) is 18.8 Å². The summed E-state index contributed by atoms with van der Waals surface area (Å²) in [5, 5.41) is 41.6. The maximum absolute atomic E-state index is 14.5. The van der Waals surface area contributed by atoms with Crippen LogP contribution in [0.4, 0.5) is 8.78 Å². The lowest BCUT2D eigenvalue weighted by Gasteiger charge is -2.04. The zero-order valence-electron chi connectivity index (χ0n) is 28.6. The fraction of sp³-hybridized carbons (Fsp3) is 0.0698. The number of carboxylic acid groups (broad SMARTS) is 1. The number of hydrogen-bond donors (Lipinski definition) is 5. The van der Waals surface area contributed by atoms with Gasteiger partial charge in [-0.2, -0.15) is 4.98 Å². The molecule has 0 aliphatic heterocycles. The lowest BCUT2D eigenvalue weighted by atomic mass is 10.0. The molecule has 0 amide bonds. The average Bonchev–Trinajstić information content (AvgIpc) is 3.72. The van der Waals surface area contributed by atoms with Crippen molar-refractivity contribution in [2.75, 3.05) is 0 Å². The highest BCUT2D eigenvalue weighted by Crippen LogP contribution is 2.29. The summed E-state index contributed by atoms with van der Waals surface area (Å²) < 4.78 is 33.4. The minimum atomic E-state index is -1.13. The maximum Gasteiger partial charge on any atom is 0.335 e. The SMILES string of the molecule is C.N/C(=N\O)c1ccc(CO)cc1.O=C(O)c1ccc(-c2ccccc2)c(F)c1.OCc1ccc(-c2noc(-c3ccc(-c4ccccc4)c(F)c3)n2)cc1. The number of aromatic carboxylic acids is 1. The van der Waals surface area contributed by atoms with Gasteiger partial charge >= 0.3 is 5.97 Å². The summed E-state index contributed by atoms with van der Waals surface area (Å²) in [6.07, 6.45) is 0. The van der Waals surface area contributed by atoms with Crippen molar-refractivity contribution >= 4 is 11.8 Å². The second-order valence-electron chi connectivity index (χ2n) is 11.5. The standard InChI is InChI=1S/C21H15FN2O2.C13H9FO2.C8H10N2O2.CH4/c22-19-12-17(10-11-18(19)15-4-2-1-3-5-15)21-23-20(24-26-21)16-8-6-14(13-25)7-9-16;14-12-8-10(13(15)16)6-7-11(12)9-4-2-1-3-5-9;9-8(10-12)7-3-1-6(5-11)2-4-7;/h1-12,25H,13H2;1-8H,(H,15,16);1-4,11-12H,5H2,(H2,9,10);1H4. The summed E-state index contributed by atoms with van der Waals surface area (Å²) in [6.45, 7) is -0.0265. The molecule has 1 heterocycles. The van der Waals surface area contributed by atoms with E-state index in [-0.39, 0.29) is 43.7 Å². The number of benzene rings is 6. The number of hydrogen-bond acceptors (Lipinski definition) is 8. The van der Waals surface area contributed by atoms with Crippen LogP contribution in [0.3, 0.4) is 0 Å². The first-order valence-corrected chi connectivity index (χ1v) is 16.4. The number of aliphatic hydroxyl groups excluding tert-OH is 2. The van der Waals surface area contributed by atoms with Crippen molar-refractivity contribution in [3.8, 4) is 45.1 Å². The quantitative estimate of drug-likeness (QED) is 0.0441. The molecule has 7 aromatic rings. The first kappa shape index (κ1) is 40.7. The van der Waals surface area contributed by atoms with Gasteiger partial charge in [-0.15, -0.1) is 0 Å². The Bertz CT molecular complexity index is 2320. The number of nitrogens with zero attached hydrogens (tertiary/aromatic N) is 3. The lowest BCUT2D eigenvalue weighted by Crippen LogP contribution is -2.12. The zero-order chi connectivity index (χ0) is 38.5. The number of nitrogens with two attached hydrogens (primary N) is 1. The third-order valence-corrected chi connectivity index (χ3v) is 7.96. The largest absolute Gasteiger partial charge is 0.478 e. The van der Waals surface area contributed by atoms with Crippen LogP contribution in [0.25, 0.3) is 45.1 Å². The van der Waals surface area contributed by atoms with E-state index in [1.807, 2.05) is 36.4 Å². The Morgan fingerprint density at radius 1 is 0.636 bits per heavy atom. The molecule has 0 spiro atoms. The van der Waals surface area contributed by atoms with Crippen LogP contribution < -0.4 is 5.73 Å². The first-order chi connectivity index (χ1) is 26.2. The zero-order valence-corrected chi connectivity index (χ0v) is 28.6. The lowest BCUT2D eigenvalue weighted by molar-refractivity contribution is 0.0696. The van der Waals surface area contributed by atoms with Crippen LogP contribution in [0.15, 0.2) is 155 Å². The third-order valence-electron chi connectivity index (χ3n) is 7.96. The molecule has 0 unspecified atom stereocenters. The Labute approximate surface area is 316 Å². The molecule has 0 atom stereocenters. The van der Waals surface area contributed by atoms with Crippen LogP contribution in [0.2, 0.25) is 0 Å². The molecule has 0 saturated carbocycles. The number of rotatable bonds is 8. The molecule has 6 N–H and O–H groups in total. The summed E-state index contributed by atoms with van der Waals surface area (Å²) in [4.78, 5) is 15.0. The number of amidine groups is 1. The van der Waals surface area contributed by atoms with E-state index >= 15 is 0 Å². The van der Waals surface area contributed by atoms with Gasteiger partial charge in [-0.1, -0.05) is 139 Å². The summed E-state index contributed by atoms with van der Waals surface area (Å²) in [6, 6.07) is 41.1. The Hall–Kier alpha value is -7.02. The van der Waals surface area contributed by atoms with Crippen LogP contribution in [-0.2, 0) is 13.2 Å². The molecule has 0 bridgehead atoms. The van der Waals surface area contributed by atoms with Crippen LogP contribution in [0.1, 0.15) is 34.5 Å². The second kappa shape index (κ2) is 19.7. The predicted molar refractivity (Wildman–Crippen MR) is 207 cm³/mol. The van der Waals surface area contributed by atoms with Crippen molar-refractivity contribution in [3.05, 3.63) is 179 Å². The van der Waals surface area contributed by atoms with Gasteiger partial charge in [0.25, 0.3) is 5.89 Å². The van der Waals surface area contributed by atoms with Crippen molar-refractivity contribution in [2.24, 2.45) is 10.9 Å². The minimum Gasteiger partial charge on any atom is -0.478 e. The smallest absolute Gasteiger partial charge is 0.335 e. The normalized spacial score (nSPS) is 10.6. The average molecular weight is 745 g/mol. The molecule has 55 heavy (non-hydrogen) atoms. The van der Waals surface area contributed by atoms with E-state index in [4.69, 9.17) is 30.8 Å². The van der Waals surface area contributed by atoms with Crippen molar-refractivity contribution < 1.29 is 38.6 Å². The molecule has 7 rings (SSSR count). The molecule has 1 aromatic heterocycles. The van der Waals surface area contributed by atoms with Gasteiger partial charge < -0.3 is 30.8 Å². The van der Waals surface area contributed by atoms with E-state index in [1.165, 1.54) is 18.2 Å². The highest BCUT2D eigenvalue weighted by molar-refractivity contribution is 5.97. The second-order valence-corrected chi connectivity index (χ2v) is 11.5. The highest BCUT2D eigenvalue weighted by Gasteiger charge is 2.14. The molecule has 0 saturated heterocycles. The summed E-state index contributed by atoms with van der Waals surface area (Å²) in [5.74, 6) is -1.26. The first-order valence-electron chi connectivity index (χ1n) is 16.4. The van der Waals surface area contributed by atoms with Crippen molar-refractivity contribution in [1.29, 1.82) is 0 Å². The minimum absolute atomic E-state index is 0. The molecule has 280 valence electrons. The van der Waals surface area contributed by atoms with Gasteiger partial charge in [-0.05, 0) is 46.5 Å². The summed E-state index contributed by atoms with van der Waals surface area (Å²) >= 11 is 0. The molecule has 0 aliphatic rings. The summed E-state index contributed by atoms with van der Waals surface area (Å²) in [5.41, 5.74) is 11.3. The fourth-order valence-corrected chi connectivity index (χ4v) is 5.06. The molecule has 0 radical (unpaired) electrons. The van der Waals surface area contributed by atoms with E-state index < -0.39 is 11.8 Å². The molecule has 12 heteroatoms. The van der Waals surface area contributed by atoms with Crippen LogP contribution >= 0.6 is 0 Å². The van der Waals surface area contributed by atoms with Crippen molar-refractivity contribution in [1.82, 2.24) is 10.1 Å². The summed E-state index contributed by atoms with van der Waals surface area (Å²) in [7, 11) is 0. The van der Waals surface area contributed by atoms with Crippen LogP contribution in [-0.4, -0.2) is 42.5 Å². The number of aliphatic hydroxyl groups is 2. The Morgan fingerprint density at radius 3 is 1.58 bits per heavy atom. The van der Waals surface area contributed by atoms with E-state index in [9.17, 15) is 13.6 Å². The Kier molecular flexibility index (Phi) is 14.6. The maximum atomic E-state index is 14.5. The molecule has 0 aliphatic carbocycles. The third kappa shape index (κ3) is 10.8. The molecule has 0 fully saturated rings. The van der Waals surface area contributed by atoms with Crippen molar-refractivity contribution in [2.45, 2.75) is 20.6 Å². The number of carbonyl (C=O) groups is 1. The number of oxime groups is 1. The predicted octanol–water partition coefficient (Wildman–Crippen LogP) is 8.80. The van der Waals surface area contributed by atoms with Crippen molar-refractivity contribution in [3.63, 3.8) is 0 Å². The number of aromatic nitrogens is 2. The Balaban J connectivity index is 0.000000199. The van der Waals surface area contributed by atoms with Gasteiger partial charge in [-0.25, -0.2) is 13.6 Å². The van der Waals surface area contributed by atoms with Crippen LogP contribution in [0, 0.1) is 11.6 Å². The van der Waals surface area contributed by atoms with Gasteiger partial charge in [0, 0.05) is 27.8 Å². The monoisotopic (exact) mass is 744 g/mol. The van der Waals surface area contributed by atoms with Gasteiger partial charge in [-0.3, -0.25) is 0 Å². The van der Waals surface area contributed by atoms with E-state index in [1.54, 1.807) is 84.9 Å². The number of halogens is 2. The van der Waals surface area contributed by atoms with E-state index in [0.717, 1.165) is 33.9 Å². The van der Waals surface area contributed by atoms with Gasteiger partial charge in [0.15, 0.2) is 5.84 Å². The van der Waals surface area contributed by atoms with E-state index in [2.05, 4.69) is 15.3 Å². The van der Waals surface area contributed by atoms with Gasteiger partial charge in [0.1, 0.15) is 11.6 Å². The number of carboxylic acids is 1. The van der Waals surface area contributed by atoms with Crippen LogP contribution in [0.5, 0.6) is 0 Å². The molecular formula is C43H38F2N4O6. The Morgan fingerprint density at radius 2 is 1.11 bits per heavy atom. The topological polar surface area (TPSA) is 175 Å². The molecule has 10 nitrogen and oxygen atoms in total. The van der Waals surface area contributed by atoms with Gasteiger partial charge in [0.2, 0.25) is 5.82 Å². The molecular weight excluding hydrogens is 706 g/mol. The van der Waals surface area contributed by atoms with E-state index in [0.29, 0.717) is 28.1 Å². The highest BCUT2D eigenvalue weighted by atomic mass is 19.1. The fourth-order valence-electron chi connectivity index (χ4n) is 5.06.